The largest absolute Gasteiger partial charge is 0.345 e. The van der Waals surface area contributed by atoms with E-state index in [4.69, 9.17) is 0 Å². The molecule has 0 fully saturated rings. The van der Waals surface area contributed by atoms with E-state index >= 15 is 0 Å². The second kappa shape index (κ2) is 7.85. The van der Waals surface area contributed by atoms with Crippen LogP contribution in [0.15, 0.2) is 59.3 Å². The monoisotopic (exact) mass is 397 g/mol. The number of aryl methyl sites for hydroxylation is 1. The quantitative estimate of drug-likeness (QED) is 0.687. The van der Waals surface area contributed by atoms with Crippen molar-refractivity contribution >= 4 is 33.5 Å². The standard InChI is InChI=1S/C18H16BrN5O/c1-12-5-6-15(14(19)10-12)23-18-21-9-7-16(24-18)17(25)22-11-13-4-2-3-8-20-13/h2-10H,11H2,1H3,(H,22,25)(H,21,23,24). The van der Waals surface area contributed by atoms with E-state index in [1.165, 1.54) is 0 Å². The van der Waals surface area contributed by atoms with Crippen LogP contribution in [0.2, 0.25) is 0 Å². The minimum absolute atomic E-state index is 0.279. The van der Waals surface area contributed by atoms with E-state index in [2.05, 4.69) is 41.5 Å². The fourth-order valence-electron chi connectivity index (χ4n) is 2.15. The highest BCUT2D eigenvalue weighted by atomic mass is 79.9. The number of hydrogen-bond donors (Lipinski definition) is 2. The predicted octanol–water partition coefficient (Wildman–Crippen LogP) is 3.62. The van der Waals surface area contributed by atoms with Gasteiger partial charge in [-0.25, -0.2) is 9.97 Å². The normalized spacial score (nSPS) is 10.3. The third-order valence-corrected chi connectivity index (χ3v) is 4.07. The number of anilines is 2. The lowest BCUT2D eigenvalue weighted by Gasteiger charge is -2.09. The minimum Gasteiger partial charge on any atom is -0.345 e. The average molecular weight is 398 g/mol. The maximum Gasteiger partial charge on any atom is 0.270 e. The highest BCUT2D eigenvalue weighted by Gasteiger charge is 2.10. The maximum atomic E-state index is 12.3. The molecule has 1 aromatic carbocycles. The van der Waals surface area contributed by atoms with Crippen LogP contribution < -0.4 is 10.6 Å². The molecule has 0 aliphatic rings. The van der Waals surface area contributed by atoms with Crippen molar-refractivity contribution in [2.45, 2.75) is 13.5 Å². The molecule has 0 bridgehead atoms. The fraction of sp³-hybridized carbons (Fsp3) is 0.111. The smallest absolute Gasteiger partial charge is 0.270 e. The molecule has 0 unspecified atom stereocenters. The first-order valence-electron chi connectivity index (χ1n) is 7.66. The van der Waals surface area contributed by atoms with Crippen molar-refractivity contribution < 1.29 is 4.79 Å². The molecule has 2 aromatic heterocycles. The lowest BCUT2D eigenvalue weighted by molar-refractivity contribution is 0.0945. The Kier molecular flexibility index (Phi) is 5.35. The molecule has 7 heteroatoms. The summed E-state index contributed by atoms with van der Waals surface area (Å²) >= 11 is 3.50. The predicted molar refractivity (Wildman–Crippen MR) is 99.6 cm³/mol. The van der Waals surface area contributed by atoms with Crippen molar-refractivity contribution in [1.82, 2.24) is 20.3 Å². The molecule has 2 heterocycles. The molecule has 6 nitrogen and oxygen atoms in total. The summed E-state index contributed by atoms with van der Waals surface area (Å²) in [7, 11) is 0. The summed E-state index contributed by atoms with van der Waals surface area (Å²) in [5, 5.41) is 5.90. The molecule has 0 saturated heterocycles. The van der Waals surface area contributed by atoms with Crippen LogP contribution in [0.25, 0.3) is 0 Å². The molecular formula is C18H16BrN5O. The SMILES string of the molecule is Cc1ccc(Nc2nccc(C(=O)NCc3ccccn3)n2)c(Br)c1. The zero-order valence-electron chi connectivity index (χ0n) is 13.5. The van der Waals surface area contributed by atoms with Crippen molar-refractivity contribution in [2.75, 3.05) is 5.32 Å². The van der Waals surface area contributed by atoms with Gasteiger partial charge in [-0.05, 0) is 58.7 Å². The molecule has 0 aliphatic heterocycles. The number of hydrogen-bond acceptors (Lipinski definition) is 5. The van der Waals surface area contributed by atoms with Gasteiger partial charge in [0.25, 0.3) is 5.91 Å². The van der Waals surface area contributed by atoms with Crippen molar-refractivity contribution in [3.05, 3.63) is 76.3 Å². The Hall–Kier alpha value is -2.80. The van der Waals surface area contributed by atoms with Gasteiger partial charge in [-0.1, -0.05) is 12.1 Å². The molecule has 2 N–H and O–H groups in total. The maximum absolute atomic E-state index is 12.3. The first kappa shape index (κ1) is 17.0. The van der Waals surface area contributed by atoms with E-state index in [9.17, 15) is 4.79 Å². The van der Waals surface area contributed by atoms with Crippen LogP contribution >= 0.6 is 15.9 Å². The van der Waals surface area contributed by atoms with E-state index in [1.54, 1.807) is 18.5 Å². The van der Waals surface area contributed by atoms with Gasteiger partial charge in [0.05, 0.1) is 17.9 Å². The zero-order chi connectivity index (χ0) is 17.6. The highest BCUT2D eigenvalue weighted by molar-refractivity contribution is 9.10. The van der Waals surface area contributed by atoms with Crippen LogP contribution in [0.5, 0.6) is 0 Å². The summed E-state index contributed by atoms with van der Waals surface area (Å²) < 4.78 is 0.904. The number of pyridine rings is 1. The van der Waals surface area contributed by atoms with Gasteiger partial charge in [0, 0.05) is 16.9 Å². The lowest BCUT2D eigenvalue weighted by atomic mass is 10.2. The number of benzene rings is 1. The summed E-state index contributed by atoms with van der Waals surface area (Å²) in [6, 6.07) is 13.0. The summed E-state index contributed by atoms with van der Waals surface area (Å²) in [5.74, 6) is 0.0779. The summed E-state index contributed by atoms with van der Waals surface area (Å²) in [5.41, 5.74) is 3.04. The molecule has 126 valence electrons. The van der Waals surface area contributed by atoms with Gasteiger partial charge in [-0.3, -0.25) is 9.78 Å². The molecular weight excluding hydrogens is 382 g/mol. The van der Waals surface area contributed by atoms with E-state index in [-0.39, 0.29) is 11.6 Å². The topological polar surface area (TPSA) is 79.8 Å². The number of carbonyl (C=O) groups excluding carboxylic acids is 1. The summed E-state index contributed by atoms with van der Waals surface area (Å²) in [6.45, 7) is 2.35. The van der Waals surface area contributed by atoms with Gasteiger partial charge in [0.15, 0.2) is 0 Å². The Morgan fingerprint density at radius 3 is 2.76 bits per heavy atom. The summed E-state index contributed by atoms with van der Waals surface area (Å²) in [4.78, 5) is 24.9. The Morgan fingerprint density at radius 2 is 2.00 bits per heavy atom. The molecule has 0 aliphatic carbocycles. The van der Waals surface area contributed by atoms with Crippen LogP contribution in [0.4, 0.5) is 11.6 Å². The fourth-order valence-corrected chi connectivity index (χ4v) is 2.74. The van der Waals surface area contributed by atoms with E-state index in [1.807, 2.05) is 43.3 Å². The number of nitrogens with zero attached hydrogens (tertiary/aromatic N) is 3. The van der Waals surface area contributed by atoms with Gasteiger partial charge in [-0.15, -0.1) is 0 Å². The number of rotatable bonds is 5. The van der Waals surface area contributed by atoms with E-state index in [0.717, 1.165) is 21.4 Å². The molecule has 3 aromatic rings. The Bertz CT molecular complexity index is 886. The second-order valence-corrected chi connectivity index (χ2v) is 6.23. The third kappa shape index (κ3) is 4.60. The van der Waals surface area contributed by atoms with Gasteiger partial charge in [-0.2, -0.15) is 0 Å². The van der Waals surface area contributed by atoms with Gasteiger partial charge >= 0.3 is 0 Å². The van der Waals surface area contributed by atoms with Crippen LogP contribution in [0, 0.1) is 6.92 Å². The third-order valence-electron chi connectivity index (χ3n) is 3.42. The van der Waals surface area contributed by atoms with Crippen molar-refractivity contribution in [3.8, 4) is 0 Å². The van der Waals surface area contributed by atoms with Gasteiger partial charge in [0.1, 0.15) is 5.69 Å². The molecule has 3 rings (SSSR count). The van der Waals surface area contributed by atoms with Gasteiger partial charge in [0.2, 0.25) is 5.95 Å². The van der Waals surface area contributed by atoms with Crippen LogP contribution in [-0.4, -0.2) is 20.9 Å². The second-order valence-electron chi connectivity index (χ2n) is 5.38. The number of aromatic nitrogens is 3. The molecule has 25 heavy (non-hydrogen) atoms. The molecule has 0 spiro atoms. The minimum atomic E-state index is -0.279. The highest BCUT2D eigenvalue weighted by Crippen LogP contribution is 2.25. The van der Waals surface area contributed by atoms with Crippen molar-refractivity contribution in [3.63, 3.8) is 0 Å². The lowest BCUT2D eigenvalue weighted by Crippen LogP contribution is -2.24. The Labute approximate surface area is 153 Å². The Balaban J connectivity index is 1.69. The first-order chi connectivity index (χ1) is 12.1. The van der Waals surface area contributed by atoms with E-state index < -0.39 is 0 Å². The molecule has 0 saturated carbocycles. The average Bonchev–Trinajstić information content (AvgIpc) is 2.63. The molecule has 1 amide bonds. The van der Waals surface area contributed by atoms with Crippen molar-refractivity contribution in [1.29, 1.82) is 0 Å². The number of carbonyl (C=O) groups is 1. The molecule has 0 atom stereocenters. The zero-order valence-corrected chi connectivity index (χ0v) is 15.1. The number of amides is 1. The van der Waals surface area contributed by atoms with E-state index in [0.29, 0.717) is 12.5 Å². The van der Waals surface area contributed by atoms with Gasteiger partial charge < -0.3 is 10.6 Å². The Morgan fingerprint density at radius 1 is 1.12 bits per heavy atom. The summed E-state index contributed by atoms with van der Waals surface area (Å²) in [6.07, 6.45) is 3.24. The van der Waals surface area contributed by atoms with Crippen molar-refractivity contribution in [2.24, 2.45) is 0 Å². The molecule has 0 radical (unpaired) electrons. The first-order valence-corrected chi connectivity index (χ1v) is 8.45. The van der Waals surface area contributed by atoms with Crippen LogP contribution in [0.3, 0.4) is 0 Å². The van der Waals surface area contributed by atoms with Crippen LogP contribution in [0.1, 0.15) is 21.7 Å². The number of halogens is 1. The number of nitrogens with one attached hydrogen (secondary N) is 2. The van der Waals surface area contributed by atoms with Crippen LogP contribution in [-0.2, 0) is 6.54 Å².